The molecule has 2 N–H and O–H groups in total. The Morgan fingerprint density at radius 1 is 1.50 bits per heavy atom. The van der Waals surface area contributed by atoms with Gasteiger partial charge in [-0.25, -0.2) is 4.79 Å². The monoisotopic (exact) mass is 192 g/mol. The third kappa shape index (κ3) is 8.04. The number of hydrogen-bond donors (Lipinski definition) is 2. The summed E-state index contributed by atoms with van der Waals surface area (Å²) in [6.45, 7) is 4.03. The Labute approximate surface area is 79.3 Å². The van der Waals surface area contributed by atoms with Crippen LogP contribution in [-0.4, -0.2) is 31.4 Å². The quantitative estimate of drug-likeness (QED) is 0.434. The minimum atomic E-state index is 0.229. The summed E-state index contributed by atoms with van der Waals surface area (Å²) in [5.74, 6) is 0.968. The molecular formula is C8H18NO2S+. The van der Waals surface area contributed by atoms with Crippen molar-refractivity contribution in [2.24, 2.45) is 0 Å². The fraction of sp³-hybridized carbons (Fsp3) is 0.875. The molecule has 12 heavy (non-hydrogen) atoms. The number of carbonyl (C=O) groups excluding carboxylic acids is 1. The fourth-order valence-corrected chi connectivity index (χ4v) is 0.947. The van der Waals surface area contributed by atoms with E-state index in [0.717, 1.165) is 18.7 Å². The molecule has 0 aromatic rings. The predicted molar refractivity (Wildman–Crippen MR) is 51.4 cm³/mol. The zero-order chi connectivity index (χ0) is 9.23. The van der Waals surface area contributed by atoms with Crippen molar-refractivity contribution in [1.82, 2.24) is 0 Å². The van der Waals surface area contributed by atoms with Gasteiger partial charge in [-0.05, 0) is 6.42 Å². The third-order valence-electron chi connectivity index (χ3n) is 1.37. The molecule has 0 aliphatic rings. The SMILES string of the molecule is CCCC(=O)[NH2+]CCOCCS. The number of ether oxygens (including phenoxy) is 1. The molecule has 1 amide bonds. The van der Waals surface area contributed by atoms with Gasteiger partial charge in [-0.15, -0.1) is 0 Å². The Morgan fingerprint density at radius 3 is 2.83 bits per heavy atom. The Morgan fingerprint density at radius 2 is 2.25 bits per heavy atom. The average Bonchev–Trinajstić information content (AvgIpc) is 2.05. The van der Waals surface area contributed by atoms with Gasteiger partial charge in [0.15, 0.2) is 0 Å². The van der Waals surface area contributed by atoms with E-state index in [-0.39, 0.29) is 5.91 Å². The topological polar surface area (TPSA) is 42.9 Å². The molecule has 0 fully saturated rings. The molecule has 0 radical (unpaired) electrons. The number of quaternary nitrogens is 1. The lowest BCUT2D eigenvalue weighted by molar-refractivity contribution is -0.571. The zero-order valence-corrected chi connectivity index (χ0v) is 8.48. The average molecular weight is 192 g/mol. The van der Waals surface area contributed by atoms with Gasteiger partial charge in [0.2, 0.25) is 0 Å². The molecule has 0 aliphatic carbocycles. The molecule has 0 unspecified atom stereocenters. The van der Waals surface area contributed by atoms with Crippen molar-refractivity contribution in [2.75, 3.05) is 25.5 Å². The third-order valence-corrected chi connectivity index (χ3v) is 1.55. The van der Waals surface area contributed by atoms with Gasteiger partial charge in [-0.1, -0.05) is 6.92 Å². The fourth-order valence-electron chi connectivity index (χ4n) is 0.818. The highest BCUT2D eigenvalue weighted by molar-refractivity contribution is 7.80. The second kappa shape index (κ2) is 9.03. The second-order valence-corrected chi connectivity index (χ2v) is 2.99. The Hall–Kier alpha value is -0.0600. The van der Waals surface area contributed by atoms with Crippen molar-refractivity contribution in [3.8, 4) is 0 Å². The van der Waals surface area contributed by atoms with Gasteiger partial charge in [0.1, 0.15) is 6.54 Å². The summed E-state index contributed by atoms with van der Waals surface area (Å²) in [4.78, 5) is 10.9. The van der Waals surface area contributed by atoms with Gasteiger partial charge in [0.05, 0.1) is 19.6 Å². The Bertz CT molecular complexity index is 120. The van der Waals surface area contributed by atoms with Crippen molar-refractivity contribution in [3.05, 3.63) is 0 Å². The molecule has 0 spiro atoms. The molecule has 0 aromatic heterocycles. The lowest BCUT2D eigenvalue weighted by Crippen LogP contribution is -2.88. The number of hydrogen-bond acceptors (Lipinski definition) is 3. The van der Waals surface area contributed by atoms with E-state index >= 15 is 0 Å². The summed E-state index contributed by atoms with van der Waals surface area (Å²) < 4.78 is 5.15. The van der Waals surface area contributed by atoms with Crippen LogP contribution in [0.2, 0.25) is 0 Å². The summed E-state index contributed by atoms with van der Waals surface area (Å²) in [5.41, 5.74) is 0. The lowest BCUT2D eigenvalue weighted by atomic mass is 10.3. The molecular weight excluding hydrogens is 174 g/mol. The number of amides is 1. The number of primary amides is 1. The number of thiol groups is 1. The van der Waals surface area contributed by atoms with Crippen LogP contribution in [-0.2, 0) is 9.53 Å². The highest BCUT2D eigenvalue weighted by Crippen LogP contribution is 1.80. The van der Waals surface area contributed by atoms with Crippen LogP contribution in [0.5, 0.6) is 0 Å². The van der Waals surface area contributed by atoms with Crippen molar-refractivity contribution in [2.45, 2.75) is 19.8 Å². The maximum atomic E-state index is 10.9. The van der Waals surface area contributed by atoms with Gasteiger partial charge >= 0.3 is 5.91 Å². The first-order valence-corrected chi connectivity index (χ1v) is 4.99. The largest absolute Gasteiger partial charge is 0.375 e. The molecule has 0 rings (SSSR count). The van der Waals surface area contributed by atoms with Crippen molar-refractivity contribution in [3.63, 3.8) is 0 Å². The van der Waals surface area contributed by atoms with Crippen molar-refractivity contribution >= 4 is 18.5 Å². The molecule has 4 heteroatoms. The van der Waals surface area contributed by atoms with Gasteiger partial charge in [0.25, 0.3) is 0 Å². The van der Waals surface area contributed by atoms with Crippen LogP contribution < -0.4 is 5.32 Å². The molecule has 72 valence electrons. The van der Waals surface area contributed by atoms with Crippen LogP contribution in [0, 0.1) is 0 Å². The van der Waals surface area contributed by atoms with Gasteiger partial charge < -0.3 is 4.74 Å². The van der Waals surface area contributed by atoms with E-state index < -0.39 is 0 Å². The molecule has 3 nitrogen and oxygen atoms in total. The number of nitrogens with two attached hydrogens (primary N) is 1. The smallest absolute Gasteiger partial charge is 0.310 e. The normalized spacial score (nSPS) is 10.2. The van der Waals surface area contributed by atoms with Gasteiger partial charge in [0, 0.05) is 5.75 Å². The van der Waals surface area contributed by atoms with Crippen molar-refractivity contribution < 1.29 is 14.8 Å². The highest BCUT2D eigenvalue weighted by Gasteiger charge is 2.01. The predicted octanol–water partition coefficient (Wildman–Crippen LogP) is -0.177. The maximum absolute atomic E-state index is 10.9. The van der Waals surface area contributed by atoms with Crippen LogP contribution in [0.15, 0.2) is 0 Å². The minimum Gasteiger partial charge on any atom is -0.375 e. The van der Waals surface area contributed by atoms with E-state index in [1.54, 1.807) is 5.32 Å². The minimum absolute atomic E-state index is 0.229. The summed E-state index contributed by atoms with van der Waals surface area (Å²) >= 11 is 3.99. The molecule has 0 atom stereocenters. The first-order chi connectivity index (χ1) is 5.81. The summed E-state index contributed by atoms with van der Waals surface area (Å²) in [6, 6.07) is 0. The van der Waals surface area contributed by atoms with Crippen LogP contribution in [0.25, 0.3) is 0 Å². The first-order valence-electron chi connectivity index (χ1n) is 4.36. The molecule has 0 aliphatic heterocycles. The zero-order valence-electron chi connectivity index (χ0n) is 7.58. The van der Waals surface area contributed by atoms with E-state index in [0.29, 0.717) is 19.6 Å². The van der Waals surface area contributed by atoms with Crippen LogP contribution >= 0.6 is 12.6 Å². The molecule has 0 saturated heterocycles. The van der Waals surface area contributed by atoms with Crippen LogP contribution in [0.3, 0.4) is 0 Å². The van der Waals surface area contributed by atoms with Gasteiger partial charge in [-0.2, -0.15) is 12.6 Å². The van der Waals surface area contributed by atoms with Gasteiger partial charge in [-0.3, -0.25) is 5.32 Å². The van der Waals surface area contributed by atoms with Crippen LogP contribution in [0.1, 0.15) is 19.8 Å². The summed E-state index contributed by atoms with van der Waals surface area (Å²) in [5, 5.41) is 1.71. The highest BCUT2D eigenvalue weighted by atomic mass is 32.1. The second-order valence-electron chi connectivity index (χ2n) is 2.55. The Balaban J connectivity index is 3.03. The summed E-state index contributed by atoms with van der Waals surface area (Å²) in [7, 11) is 0. The molecule has 0 aromatic carbocycles. The Kier molecular flexibility index (Phi) is 8.99. The summed E-state index contributed by atoms with van der Waals surface area (Å²) in [6.07, 6.45) is 1.58. The van der Waals surface area contributed by atoms with E-state index in [4.69, 9.17) is 4.74 Å². The number of carbonyl (C=O) groups is 1. The maximum Gasteiger partial charge on any atom is 0.310 e. The number of rotatable bonds is 7. The van der Waals surface area contributed by atoms with E-state index in [1.807, 2.05) is 6.92 Å². The van der Waals surface area contributed by atoms with E-state index in [2.05, 4.69) is 12.6 Å². The first kappa shape index (κ1) is 11.9. The molecule has 0 saturated carbocycles. The van der Waals surface area contributed by atoms with Crippen molar-refractivity contribution in [1.29, 1.82) is 0 Å². The van der Waals surface area contributed by atoms with Crippen LogP contribution in [0.4, 0.5) is 0 Å². The standard InChI is InChI=1S/C8H17NO2S/c1-2-3-8(10)9-4-5-11-6-7-12/h12H,2-7H2,1H3,(H,9,10)/p+1. The van der Waals surface area contributed by atoms with E-state index in [1.165, 1.54) is 0 Å². The van der Waals surface area contributed by atoms with E-state index in [9.17, 15) is 4.79 Å². The lowest BCUT2D eigenvalue weighted by Gasteiger charge is -1.99. The molecule has 0 bridgehead atoms. The molecule has 0 heterocycles.